The van der Waals surface area contributed by atoms with Crippen molar-refractivity contribution in [3.05, 3.63) is 201 Å². The molecule has 0 unspecified atom stereocenters. The average molecular weight is 1350 g/mol. The lowest BCUT2D eigenvalue weighted by Crippen LogP contribution is -2.42. The molecule has 2 aliphatic rings. The van der Waals surface area contributed by atoms with Gasteiger partial charge < -0.3 is 39.4 Å². The summed E-state index contributed by atoms with van der Waals surface area (Å²) in [6, 6.07) is 48.3. The Bertz CT molecular complexity index is 4610. The number of likely N-dealkylation sites (tertiary alicyclic amines) is 2. The lowest BCUT2D eigenvalue weighted by atomic mass is 10.0. The standard InChI is InChI=1S/C34H31Cl2N5O5S.C34H32ClN5O5S/c1-21-18-23(30-27(35)12-13-29(45-2)31(30)36)19-28-32(21)38-33(40-39-28)37-24-8-10-25(11-9-24)47(43,44)26-14-16-41(17-15-26)34(42)46-20-22-6-4-3-5-7-22;1-22-18-24(29-20-26(44-2)10-13-30(29)35)19-31-32(22)37-33(39-38-31)36-25-8-11-27(12-9-25)46(42,43)28-14-16-40(17-15-28)34(41)45-21-23-6-4-3-5-7-23/h3-13,18-19,26H,14-17,20H2,1-2H3,(H,37,38,40);3-13,18-20,28H,14-17,21H2,1-2H3,(H,36,37,39). The minimum atomic E-state index is -3.61. The number of hydrogen-bond acceptors (Lipinski definition) is 18. The third-order valence-electron chi connectivity index (χ3n) is 16.1. The number of aromatic nitrogens is 6. The summed E-state index contributed by atoms with van der Waals surface area (Å²) in [6.45, 7) is 5.45. The van der Waals surface area contributed by atoms with Crippen LogP contribution in [-0.2, 0) is 42.4 Å². The van der Waals surface area contributed by atoms with Gasteiger partial charge in [-0.1, -0.05) is 95.5 Å². The fourth-order valence-electron chi connectivity index (χ4n) is 11.1. The number of fused-ring (bicyclic) bond motifs is 2. The van der Waals surface area contributed by atoms with Crippen molar-refractivity contribution < 1.29 is 45.4 Å². The summed E-state index contributed by atoms with van der Waals surface area (Å²) in [5.74, 6) is 1.74. The number of piperidine rings is 2. The van der Waals surface area contributed by atoms with E-state index in [2.05, 4.69) is 41.0 Å². The number of nitrogens with one attached hydrogen (secondary N) is 2. The van der Waals surface area contributed by atoms with Crippen molar-refractivity contribution in [3.8, 4) is 33.8 Å². The molecule has 2 aliphatic heterocycles. The molecule has 2 amide bonds. The van der Waals surface area contributed by atoms with Gasteiger partial charge in [-0.05, 0) is 176 Å². The van der Waals surface area contributed by atoms with Crippen LogP contribution in [0.2, 0.25) is 15.1 Å². The topological polar surface area (TPSA) is 247 Å². The smallest absolute Gasteiger partial charge is 0.410 e. The molecule has 0 radical (unpaired) electrons. The summed E-state index contributed by atoms with van der Waals surface area (Å²) in [5.41, 5.74) is 10.3. The van der Waals surface area contributed by atoms with E-state index in [0.717, 1.165) is 38.9 Å². The van der Waals surface area contributed by atoms with Crippen LogP contribution in [0, 0.1) is 13.8 Å². The normalized spacial score (nSPS) is 13.8. The molecule has 478 valence electrons. The molecular formula is C68H63Cl3N10O10S2. The summed E-state index contributed by atoms with van der Waals surface area (Å²) >= 11 is 19.5. The molecule has 0 spiro atoms. The second-order valence-electron chi connectivity index (χ2n) is 22.2. The van der Waals surface area contributed by atoms with Gasteiger partial charge in [0.25, 0.3) is 0 Å². The molecule has 0 aliphatic carbocycles. The number of amides is 2. The minimum Gasteiger partial charge on any atom is -0.497 e. The van der Waals surface area contributed by atoms with Gasteiger partial charge in [0, 0.05) is 53.7 Å². The van der Waals surface area contributed by atoms with Gasteiger partial charge in [-0.3, -0.25) is 0 Å². The van der Waals surface area contributed by atoms with Crippen LogP contribution in [0.4, 0.5) is 32.9 Å². The number of carbonyl (C=O) groups excluding carboxylic acids is 2. The molecule has 0 saturated carbocycles. The van der Waals surface area contributed by atoms with Crippen LogP contribution in [0.15, 0.2) is 174 Å². The Labute approximate surface area is 553 Å². The van der Waals surface area contributed by atoms with E-state index >= 15 is 0 Å². The van der Waals surface area contributed by atoms with E-state index in [1.54, 1.807) is 96.8 Å². The molecule has 20 nitrogen and oxygen atoms in total. The van der Waals surface area contributed by atoms with Crippen molar-refractivity contribution in [2.75, 3.05) is 51.0 Å². The lowest BCUT2D eigenvalue weighted by molar-refractivity contribution is 0.0891. The zero-order valence-electron chi connectivity index (χ0n) is 50.9. The SMILES string of the molecule is COc1ccc(Cl)c(-c2cc(C)c3nc(Nc4ccc(S(=O)(=O)C5CCN(C(=O)OCc6ccccc6)CC5)cc4)nnc3c2)c1.COc1ccc(Cl)c(-c2cc(C)c3nc(Nc4ccc(S(=O)(=O)C5CCN(C(=O)OCc6ccccc6)CC5)cc4)nnc3c2)c1Cl. The van der Waals surface area contributed by atoms with Crippen LogP contribution in [-0.4, -0.2) is 120 Å². The van der Waals surface area contributed by atoms with Gasteiger partial charge >= 0.3 is 12.2 Å². The average Bonchev–Trinajstić information content (AvgIpc) is 1.01. The van der Waals surface area contributed by atoms with Crippen molar-refractivity contribution in [2.24, 2.45) is 0 Å². The molecule has 2 aromatic heterocycles. The molecule has 2 saturated heterocycles. The number of halogens is 3. The Hall–Kier alpha value is -9.19. The Kier molecular flexibility index (Phi) is 20.2. The van der Waals surface area contributed by atoms with Gasteiger partial charge in [0.15, 0.2) is 19.7 Å². The first kappa shape index (κ1) is 65.3. The number of ether oxygens (including phenoxy) is 4. The van der Waals surface area contributed by atoms with E-state index in [4.69, 9.17) is 53.8 Å². The minimum absolute atomic E-state index is 0.175. The first-order valence-electron chi connectivity index (χ1n) is 29.6. The molecule has 12 rings (SSSR count). The van der Waals surface area contributed by atoms with E-state index < -0.39 is 42.4 Å². The van der Waals surface area contributed by atoms with Crippen molar-refractivity contribution in [1.29, 1.82) is 0 Å². The number of benzene rings is 8. The highest BCUT2D eigenvalue weighted by Crippen LogP contribution is 2.42. The Morgan fingerprint density at radius 2 is 0.957 bits per heavy atom. The number of anilines is 4. The number of carbonyl (C=O) groups is 2. The molecule has 2 fully saturated rings. The summed E-state index contributed by atoms with van der Waals surface area (Å²) < 4.78 is 75.2. The fourth-order valence-corrected chi connectivity index (χ4v) is 15.4. The number of methoxy groups -OCH3 is 2. The first-order chi connectivity index (χ1) is 44.8. The van der Waals surface area contributed by atoms with E-state index in [-0.39, 0.29) is 34.9 Å². The van der Waals surface area contributed by atoms with E-state index in [9.17, 15) is 26.4 Å². The summed E-state index contributed by atoms with van der Waals surface area (Å²) in [6.07, 6.45) is 0.464. The molecular weight excluding hydrogens is 1290 g/mol. The number of hydrogen-bond donors (Lipinski definition) is 2. The molecule has 25 heteroatoms. The number of rotatable bonds is 16. The summed E-state index contributed by atoms with van der Waals surface area (Å²) in [4.78, 5) is 37.9. The van der Waals surface area contributed by atoms with Crippen LogP contribution >= 0.6 is 34.8 Å². The van der Waals surface area contributed by atoms with Crippen LogP contribution in [0.1, 0.15) is 47.9 Å². The van der Waals surface area contributed by atoms with Crippen molar-refractivity contribution in [3.63, 3.8) is 0 Å². The third-order valence-corrected chi connectivity index (χ3v) is 21.7. The highest BCUT2D eigenvalue weighted by Gasteiger charge is 2.35. The van der Waals surface area contributed by atoms with Gasteiger partial charge in [-0.2, -0.15) is 0 Å². The Balaban J connectivity index is 0.000000190. The van der Waals surface area contributed by atoms with E-state index in [1.165, 1.54) is 0 Å². The number of sulfone groups is 2. The van der Waals surface area contributed by atoms with Crippen molar-refractivity contribution >= 4 is 112 Å². The van der Waals surface area contributed by atoms with Gasteiger partial charge in [0.05, 0.1) is 55.6 Å². The van der Waals surface area contributed by atoms with Crippen molar-refractivity contribution in [1.82, 2.24) is 40.2 Å². The zero-order chi connectivity index (χ0) is 65.4. The van der Waals surface area contributed by atoms with Gasteiger partial charge in [-0.15, -0.1) is 20.4 Å². The predicted octanol–water partition coefficient (Wildman–Crippen LogP) is 14.6. The maximum absolute atomic E-state index is 13.4. The van der Waals surface area contributed by atoms with Gasteiger partial charge in [0.1, 0.15) is 35.7 Å². The largest absolute Gasteiger partial charge is 0.497 e. The van der Waals surface area contributed by atoms with E-state index in [1.807, 2.05) is 105 Å². The lowest BCUT2D eigenvalue weighted by Gasteiger charge is -2.31. The summed E-state index contributed by atoms with van der Waals surface area (Å²) in [7, 11) is -4.05. The number of aryl methyl sites for hydroxylation is 2. The monoisotopic (exact) mass is 1350 g/mol. The second kappa shape index (κ2) is 28.8. The zero-order valence-corrected chi connectivity index (χ0v) is 54.8. The van der Waals surface area contributed by atoms with Crippen LogP contribution in [0.5, 0.6) is 11.5 Å². The first-order valence-corrected chi connectivity index (χ1v) is 33.9. The Morgan fingerprint density at radius 1 is 0.516 bits per heavy atom. The highest BCUT2D eigenvalue weighted by atomic mass is 35.5. The maximum atomic E-state index is 13.4. The predicted molar refractivity (Wildman–Crippen MR) is 359 cm³/mol. The third kappa shape index (κ3) is 15.2. The van der Waals surface area contributed by atoms with Crippen LogP contribution in [0.3, 0.4) is 0 Å². The second-order valence-corrected chi connectivity index (χ2v) is 27.9. The molecule has 0 atom stereocenters. The van der Waals surface area contributed by atoms with Crippen LogP contribution < -0.4 is 20.1 Å². The molecule has 10 aromatic rings. The van der Waals surface area contributed by atoms with Gasteiger partial charge in [-0.25, -0.2) is 36.4 Å². The quantitative estimate of drug-likeness (QED) is 0.0912. The molecule has 0 bridgehead atoms. The maximum Gasteiger partial charge on any atom is 0.410 e. The molecule has 93 heavy (non-hydrogen) atoms. The van der Waals surface area contributed by atoms with Crippen LogP contribution in [0.25, 0.3) is 44.3 Å². The fraction of sp³-hybridized carbons (Fsp3) is 0.235. The Morgan fingerprint density at radius 3 is 1.41 bits per heavy atom. The summed E-state index contributed by atoms with van der Waals surface area (Å²) in [5, 5.41) is 23.7. The van der Waals surface area contributed by atoms with Crippen molar-refractivity contribution in [2.45, 2.75) is 73.0 Å². The van der Waals surface area contributed by atoms with E-state index in [0.29, 0.717) is 117 Å². The highest BCUT2D eigenvalue weighted by molar-refractivity contribution is 7.92. The molecule has 8 aromatic carbocycles. The number of nitrogens with zero attached hydrogens (tertiary/aromatic N) is 8. The molecule has 2 N–H and O–H groups in total. The molecule has 4 heterocycles. The van der Waals surface area contributed by atoms with Gasteiger partial charge in [0.2, 0.25) is 11.9 Å².